The summed E-state index contributed by atoms with van der Waals surface area (Å²) in [5.41, 5.74) is -1.38. The first-order valence-corrected chi connectivity index (χ1v) is 8.54. The van der Waals surface area contributed by atoms with Gasteiger partial charge in [-0.2, -0.15) is 0 Å². The maximum absolute atomic E-state index is 12.5. The molecule has 2 atom stereocenters. The average molecular weight is 345 g/mol. The monoisotopic (exact) mass is 345 g/mol. The van der Waals surface area contributed by atoms with Crippen LogP contribution in [0, 0.1) is 0 Å². The van der Waals surface area contributed by atoms with Crippen LogP contribution >= 0.6 is 0 Å². The molecule has 2 saturated heterocycles. The van der Waals surface area contributed by atoms with Gasteiger partial charge in [0.25, 0.3) is 0 Å². The molecule has 0 spiro atoms. The molecule has 2 bridgehead atoms. The zero-order valence-electron chi connectivity index (χ0n) is 15.4. The molecule has 0 saturated carbocycles. The summed E-state index contributed by atoms with van der Waals surface area (Å²) in [6, 6.07) is -0.332. The number of hydrogen-bond acceptors (Lipinski definition) is 6. The van der Waals surface area contributed by atoms with Crippen molar-refractivity contribution in [2.45, 2.75) is 76.0 Å². The lowest BCUT2D eigenvalue weighted by atomic mass is 9.78. The highest BCUT2D eigenvalue weighted by Gasteiger charge is 2.49. The molecule has 2 unspecified atom stereocenters. The predicted molar refractivity (Wildman–Crippen MR) is 87.7 cm³/mol. The van der Waals surface area contributed by atoms with Crippen LogP contribution in [0.25, 0.3) is 0 Å². The number of aliphatic hydroxyl groups is 1. The molecule has 2 fully saturated rings. The van der Waals surface area contributed by atoms with Crippen molar-refractivity contribution in [3.05, 3.63) is 0 Å². The van der Waals surface area contributed by atoms with Gasteiger partial charge < -0.3 is 24.1 Å². The number of carbonyl (C=O) groups is 1. The standard InChI is InChI=1S/C17H31NO6/c1-16(2,3)24-15(19)18-12-8-17(20,7-6-14(21-4)22-5)9-13(18)11-23-10-12/h12-14,20H,6-11H2,1-5H3. The molecule has 140 valence electrons. The summed E-state index contributed by atoms with van der Waals surface area (Å²) in [4.78, 5) is 14.3. The molecule has 7 nitrogen and oxygen atoms in total. The third-order valence-corrected chi connectivity index (χ3v) is 4.61. The zero-order valence-corrected chi connectivity index (χ0v) is 15.4. The van der Waals surface area contributed by atoms with Gasteiger partial charge in [0.2, 0.25) is 0 Å². The summed E-state index contributed by atoms with van der Waals surface area (Å²) in [5.74, 6) is 0. The summed E-state index contributed by atoms with van der Waals surface area (Å²) in [7, 11) is 3.18. The third kappa shape index (κ3) is 4.81. The minimum absolute atomic E-state index is 0.166. The van der Waals surface area contributed by atoms with Crippen LogP contribution in [-0.4, -0.2) is 73.1 Å². The van der Waals surface area contributed by atoms with Gasteiger partial charge in [-0.3, -0.25) is 4.90 Å². The van der Waals surface area contributed by atoms with Crippen LogP contribution in [0.15, 0.2) is 0 Å². The molecule has 1 N–H and O–H groups in total. The Kier molecular flexibility index (Phi) is 6.12. The summed E-state index contributed by atoms with van der Waals surface area (Å²) in [6.07, 6.45) is 1.47. The highest BCUT2D eigenvalue weighted by molar-refractivity contribution is 5.69. The van der Waals surface area contributed by atoms with Crippen LogP contribution in [0.3, 0.4) is 0 Å². The fraction of sp³-hybridized carbons (Fsp3) is 0.941. The van der Waals surface area contributed by atoms with Crippen molar-refractivity contribution in [3.63, 3.8) is 0 Å². The number of ether oxygens (including phenoxy) is 4. The Morgan fingerprint density at radius 2 is 1.79 bits per heavy atom. The molecule has 0 radical (unpaired) electrons. The van der Waals surface area contributed by atoms with Crippen LogP contribution in [0.2, 0.25) is 0 Å². The van der Waals surface area contributed by atoms with E-state index in [1.54, 1.807) is 19.1 Å². The molecule has 0 aromatic rings. The third-order valence-electron chi connectivity index (χ3n) is 4.61. The maximum atomic E-state index is 12.5. The lowest BCUT2D eigenvalue weighted by molar-refractivity contribution is -0.154. The molecule has 2 rings (SSSR count). The van der Waals surface area contributed by atoms with Gasteiger partial charge in [0, 0.05) is 20.6 Å². The predicted octanol–water partition coefficient (Wildman–Crippen LogP) is 1.91. The normalized spacial score (nSPS) is 30.5. The number of piperidine rings is 1. The molecule has 2 heterocycles. The Balaban J connectivity index is 2.03. The number of hydrogen-bond donors (Lipinski definition) is 1. The van der Waals surface area contributed by atoms with E-state index in [1.807, 2.05) is 20.8 Å². The van der Waals surface area contributed by atoms with Crippen molar-refractivity contribution in [1.29, 1.82) is 0 Å². The Bertz CT molecular complexity index is 417. The van der Waals surface area contributed by atoms with E-state index in [0.717, 1.165) is 0 Å². The highest BCUT2D eigenvalue weighted by atomic mass is 16.7. The quantitative estimate of drug-likeness (QED) is 0.767. The van der Waals surface area contributed by atoms with Crippen LogP contribution in [0.5, 0.6) is 0 Å². The lowest BCUT2D eigenvalue weighted by Gasteiger charge is -2.51. The second-order valence-electron chi connectivity index (χ2n) is 7.80. The molecule has 0 aromatic heterocycles. The van der Waals surface area contributed by atoms with Gasteiger partial charge >= 0.3 is 6.09 Å². The van der Waals surface area contributed by atoms with Crippen LogP contribution < -0.4 is 0 Å². The molecule has 0 aromatic carbocycles. The van der Waals surface area contributed by atoms with Gasteiger partial charge in [-0.25, -0.2) is 4.79 Å². The van der Waals surface area contributed by atoms with E-state index in [4.69, 9.17) is 18.9 Å². The first-order valence-electron chi connectivity index (χ1n) is 8.54. The van der Waals surface area contributed by atoms with Crippen molar-refractivity contribution in [3.8, 4) is 0 Å². The molecule has 7 heteroatoms. The number of amides is 1. The molecule has 1 amide bonds. The van der Waals surface area contributed by atoms with E-state index in [0.29, 0.717) is 38.9 Å². The Morgan fingerprint density at radius 1 is 1.25 bits per heavy atom. The molecule has 0 aliphatic carbocycles. The number of nitrogens with zero attached hydrogens (tertiary/aromatic N) is 1. The van der Waals surface area contributed by atoms with Gasteiger partial charge in [0.15, 0.2) is 6.29 Å². The van der Waals surface area contributed by atoms with E-state index in [9.17, 15) is 9.90 Å². The smallest absolute Gasteiger partial charge is 0.410 e. The fourth-order valence-corrected chi connectivity index (χ4v) is 3.61. The molecule has 2 aliphatic rings. The molecule has 24 heavy (non-hydrogen) atoms. The number of methoxy groups -OCH3 is 2. The summed E-state index contributed by atoms with van der Waals surface area (Å²) in [6.45, 7) is 6.42. The number of morpholine rings is 1. The highest BCUT2D eigenvalue weighted by Crippen LogP contribution is 2.38. The second-order valence-corrected chi connectivity index (χ2v) is 7.80. The minimum atomic E-state index is -0.840. The van der Waals surface area contributed by atoms with Gasteiger partial charge in [-0.05, 0) is 40.0 Å². The van der Waals surface area contributed by atoms with Crippen LogP contribution in [0.4, 0.5) is 4.79 Å². The van der Waals surface area contributed by atoms with E-state index in [2.05, 4.69) is 0 Å². The minimum Gasteiger partial charge on any atom is -0.444 e. The summed E-state index contributed by atoms with van der Waals surface area (Å²) < 4.78 is 21.5. The Morgan fingerprint density at radius 3 is 2.25 bits per heavy atom. The number of carbonyl (C=O) groups excluding carboxylic acids is 1. The van der Waals surface area contributed by atoms with E-state index in [1.165, 1.54) is 0 Å². The largest absolute Gasteiger partial charge is 0.444 e. The summed E-state index contributed by atoms with van der Waals surface area (Å²) in [5, 5.41) is 11.0. The number of rotatable bonds is 5. The van der Waals surface area contributed by atoms with Crippen molar-refractivity contribution in [2.24, 2.45) is 0 Å². The van der Waals surface area contributed by atoms with Crippen molar-refractivity contribution >= 4 is 6.09 Å². The second kappa shape index (κ2) is 7.56. The van der Waals surface area contributed by atoms with E-state index >= 15 is 0 Å². The fourth-order valence-electron chi connectivity index (χ4n) is 3.61. The molecular weight excluding hydrogens is 314 g/mol. The van der Waals surface area contributed by atoms with Gasteiger partial charge in [-0.15, -0.1) is 0 Å². The summed E-state index contributed by atoms with van der Waals surface area (Å²) >= 11 is 0. The topological polar surface area (TPSA) is 77.5 Å². The van der Waals surface area contributed by atoms with Gasteiger partial charge in [-0.1, -0.05) is 0 Å². The Labute approximate surface area is 144 Å². The average Bonchev–Trinajstić information content (AvgIpc) is 2.45. The van der Waals surface area contributed by atoms with Gasteiger partial charge in [0.1, 0.15) is 5.60 Å². The van der Waals surface area contributed by atoms with Gasteiger partial charge in [0.05, 0.1) is 30.9 Å². The van der Waals surface area contributed by atoms with E-state index < -0.39 is 11.2 Å². The van der Waals surface area contributed by atoms with Crippen molar-refractivity contribution in [1.82, 2.24) is 4.90 Å². The number of fused-ring (bicyclic) bond motifs is 2. The van der Waals surface area contributed by atoms with E-state index in [-0.39, 0.29) is 24.5 Å². The zero-order chi connectivity index (χ0) is 18.0. The Hall–Kier alpha value is -0.890. The molecular formula is C17H31NO6. The first kappa shape index (κ1) is 19.4. The first-order chi connectivity index (χ1) is 11.2. The SMILES string of the molecule is COC(CCC1(O)CC2COCC(C1)N2C(=O)OC(C)(C)C)OC. The van der Waals surface area contributed by atoms with Crippen LogP contribution in [0.1, 0.15) is 46.5 Å². The van der Waals surface area contributed by atoms with Crippen molar-refractivity contribution in [2.75, 3.05) is 27.4 Å². The maximum Gasteiger partial charge on any atom is 0.410 e. The van der Waals surface area contributed by atoms with Crippen LogP contribution in [-0.2, 0) is 18.9 Å². The lowest BCUT2D eigenvalue weighted by Crippen LogP contribution is -2.64. The molecule has 2 aliphatic heterocycles. The van der Waals surface area contributed by atoms with Crippen molar-refractivity contribution < 1.29 is 28.8 Å².